The Kier molecular flexibility index (Phi) is 7.94. The highest BCUT2D eigenvalue weighted by Crippen LogP contribution is 2.21. The Morgan fingerprint density at radius 2 is 1.88 bits per heavy atom. The molecular weight excluding hydrogens is 435 g/mol. The van der Waals surface area contributed by atoms with Crippen LogP contribution in [0.15, 0.2) is 55.0 Å². The van der Waals surface area contributed by atoms with E-state index in [1.54, 1.807) is 43.2 Å². The van der Waals surface area contributed by atoms with Crippen LogP contribution < -0.4 is 4.90 Å². The molecule has 0 N–H and O–H groups in total. The highest BCUT2D eigenvalue weighted by molar-refractivity contribution is 6.29. The number of aromatic nitrogens is 3. The van der Waals surface area contributed by atoms with Gasteiger partial charge < -0.3 is 9.64 Å². The van der Waals surface area contributed by atoms with Gasteiger partial charge in [-0.25, -0.2) is 9.37 Å². The first-order chi connectivity index (χ1) is 15.4. The number of hydrogen-bond donors (Lipinski definition) is 0. The van der Waals surface area contributed by atoms with Gasteiger partial charge >= 0.3 is 5.97 Å². The van der Waals surface area contributed by atoms with E-state index in [0.29, 0.717) is 29.5 Å². The van der Waals surface area contributed by atoms with Gasteiger partial charge in [-0.05, 0) is 61.7 Å². The summed E-state index contributed by atoms with van der Waals surface area (Å²) >= 11 is 5.82. The minimum Gasteiger partial charge on any atom is -0.465 e. The molecule has 168 valence electrons. The molecule has 0 aliphatic rings. The Morgan fingerprint density at radius 3 is 2.50 bits per heavy atom. The summed E-state index contributed by atoms with van der Waals surface area (Å²) in [6, 6.07) is 9.13. The predicted molar refractivity (Wildman–Crippen MR) is 119 cm³/mol. The molecule has 0 saturated carbocycles. The van der Waals surface area contributed by atoms with Gasteiger partial charge in [-0.2, -0.15) is 5.10 Å². The lowest BCUT2D eigenvalue weighted by atomic mass is 9.99. The summed E-state index contributed by atoms with van der Waals surface area (Å²) in [4.78, 5) is 31.4. The van der Waals surface area contributed by atoms with E-state index in [4.69, 9.17) is 16.3 Å². The van der Waals surface area contributed by atoms with Crippen molar-refractivity contribution in [3.05, 3.63) is 77.1 Å². The Morgan fingerprint density at radius 1 is 1.12 bits per heavy atom. The number of halogens is 2. The molecule has 2 aromatic heterocycles. The fraction of sp³-hybridized carbons (Fsp3) is 0.304. The van der Waals surface area contributed by atoms with E-state index in [2.05, 4.69) is 10.1 Å². The summed E-state index contributed by atoms with van der Waals surface area (Å²) in [7, 11) is 0. The number of nitrogens with zero attached hydrogens (tertiary/aromatic N) is 4. The second kappa shape index (κ2) is 10.9. The van der Waals surface area contributed by atoms with E-state index in [-0.39, 0.29) is 13.0 Å². The van der Waals surface area contributed by atoms with Crippen LogP contribution in [0.3, 0.4) is 0 Å². The van der Waals surface area contributed by atoms with Crippen molar-refractivity contribution in [2.45, 2.75) is 26.8 Å². The van der Waals surface area contributed by atoms with Crippen LogP contribution in [0.4, 0.5) is 10.1 Å². The zero-order valence-electron chi connectivity index (χ0n) is 17.9. The van der Waals surface area contributed by atoms with Gasteiger partial charge in [0, 0.05) is 24.6 Å². The van der Waals surface area contributed by atoms with Gasteiger partial charge in [0.15, 0.2) is 0 Å². The predicted octanol–water partition coefficient (Wildman–Crippen LogP) is 3.89. The van der Waals surface area contributed by atoms with Crippen LogP contribution in [0.2, 0.25) is 5.15 Å². The maximum absolute atomic E-state index is 13.3. The molecule has 0 aliphatic heterocycles. The van der Waals surface area contributed by atoms with Crippen molar-refractivity contribution in [3.8, 4) is 0 Å². The number of ether oxygens (including phenoxy) is 1. The number of pyridine rings is 1. The molecule has 0 bridgehead atoms. The second-order valence-corrected chi connectivity index (χ2v) is 7.49. The van der Waals surface area contributed by atoms with Gasteiger partial charge in [0.25, 0.3) is 0 Å². The van der Waals surface area contributed by atoms with Crippen molar-refractivity contribution in [2.24, 2.45) is 5.92 Å². The summed E-state index contributed by atoms with van der Waals surface area (Å²) in [6.07, 6.45) is 5.20. The molecule has 7 nitrogen and oxygen atoms in total. The molecule has 3 rings (SSSR count). The Hall–Kier alpha value is -3.26. The third-order valence-electron chi connectivity index (χ3n) is 4.85. The summed E-state index contributed by atoms with van der Waals surface area (Å²) in [5.74, 6) is -2.46. The average molecular weight is 459 g/mol. The van der Waals surface area contributed by atoms with Crippen LogP contribution in [0, 0.1) is 11.7 Å². The van der Waals surface area contributed by atoms with E-state index in [1.807, 2.05) is 6.07 Å². The van der Waals surface area contributed by atoms with Gasteiger partial charge in [-0.3, -0.25) is 14.3 Å². The first kappa shape index (κ1) is 23.4. The zero-order chi connectivity index (χ0) is 23.1. The lowest BCUT2D eigenvalue weighted by molar-refractivity contribution is -0.151. The number of carbonyl (C=O) groups excluding carboxylic acids is 2. The van der Waals surface area contributed by atoms with Gasteiger partial charge in [0.05, 0.1) is 19.3 Å². The fourth-order valence-electron chi connectivity index (χ4n) is 3.31. The van der Waals surface area contributed by atoms with Gasteiger partial charge in [-0.15, -0.1) is 0 Å². The molecule has 0 spiro atoms. The van der Waals surface area contributed by atoms with Crippen molar-refractivity contribution >= 4 is 29.2 Å². The molecule has 32 heavy (non-hydrogen) atoms. The maximum atomic E-state index is 13.3. The van der Waals surface area contributed by atoms with Gasteiger partial charge in [-0.1, -0.05) is 17.7 Å². The number of rotatable bonds is 9. The normalized spacial score (nSPS) is 11.8. The molecule has 3 aromatic rings. The molecule has 2 heterocycles. The molecule has 0 aliphatic carbocycles. The molecule has 1 amide bonds. The molecular formula is C23H24ClFN4O3. The molecule has 0 saturated heterocycles. The van der Waals surface area contributed by atoms with Crippen molar-refractivity contribution in [3.63, 3.8) is 0 Å². The molecule has 0 radical (unpaired) electrons. The number of esters is 1. The fourth-order valence-corrected chi connectivity index (χ4v) is 3.42. The maximum Gasteiger partial charge on any atom is 0.318 e. The molecule has 1 unspecified atom stereocenters. The average Bonchev–Trinajstić information content (AvgIpc) is 3.22. The second-order valence-electron chi connectivity index (χ2n) is 7.10. The SMILES string of the molecule is CCOC(=O)C(Cc1cnn(Cc2ccc(Cl)nc2)c1)C(=O)N(CC)c1ccc(F)cc1. The first-order valence-electron chi connectivity index (χ1n) is 10.3. The summed E-state index contributed by atoms with van der Waals surface area (Å²) in [5, 5.41) is 4.73. The number of hydrogen-bond acceptors (Lipinski definition) is 5. The van der Waals surface area contributed by atoms with E-state index >= 15 is 0 Å². The lowest BCUT2D eigenvalue weighted by Crippen LogP contribution is -2.41. The minimum absolute atomic E-state index is 0.133. The molecule has 1 aromatic carbocycles. The third-order valence-corrected chi connectivity index (χ3v) is 5.07. The van der Waals surface area contributed by atoms with Gasteiger partial charge in [0.1, 0.15) is 16.9 Å². The quantitative estimate of drug-likeness (QED) is 0.276. The Labute approximate surface area is 190 Å². The first-order valence-corrected chi connectivity index (χ1v) is 10.6. The van der Waals surface area contributed by atoms with Crippen molar-refractivity contribution in [1.82, 2.24) is 14.8 Å². The highest BCUT2D eigenvalue weighted by Gasteiger charge is 2.32. The lowest BCUT2D eigenvalue weighted by Gasteiger charge is -2.25. The third kappa shape index (κ3) is 5.91. The number of amides is 1. The number of benzene rings is 1. The van der Waals surface area contributed by atoms with Crippen molar-refractivity contribution < 1.29 is 18.7 Å². The van der Waals surface area contributed by atoms with E-state index in [9.17, 15) is 14.0 Å². The zero-order valence-corrected chi connectivity index (χ0v) is 18.6. The molecule has 9 heteroatoms. The standard InChI is InChI=1S/C23H24ClFN4O3/c1-3-29(19-8-6-18(25)7-9-19)22(30)20(23(31)32-4-2)11-17-13-27-28(15-17)14-16-5-10-21(24)26-12-16/h5-10,12-13,15,20H,3-4,11,14H2,1-2H3. The van der Waals surface area contributed by atoms with Gasteiger partial charge in [0.2, 0.25) is 5.91 Å². The summed E-state index contributed by atoms with van der Waals surface area (Å²) < 4.78 is 20.2. The van der Waals surface area contributed by atoms with Crippen LogP contribution in [0.25, 0.3) is 0 Å². The summed E-state index contributed by atoms with van der Waals surface area (Å²) in [5.41, 5.74) is 2.14. The number of carbonyl (C=O) groups is 2. The minimum atomic E-state index is -1.05. The van der Waals surface area contributed by atoms with E-state index < -0.39 is 23.6 Å². The Balaban J connectivity index is 1.79. The van der Waals surface area contributed by atoms with Crippen LogP contribution in [-0.2, 0) is 27.3 Å². The monoisotopic (exact) mass is 458 g/mol. The number of anilines is 1. The molecule has 0 fully saturated rings. The Bertz CT molecular complexity index is 1050. The van der Waals surface area contributed by atoms with Crippen molar-refractivity contribution in [1.29, 1.82) is 0 Å². The van der Waals surface area contributed by atoms with E-state index in [1.165, 1.54) is 29.2 Å². The van der Waals surface area contributed by atoms with Crippen LogP contribution in [-0.4, -0.2) is 39.8 Å². The largest absolute Gasteiger partial charge is 0.465 e. The molecule has 1 atom stereocenters. The topological polar surface area (TPSA) is 77.3 Å². The highest BCUT2D eigenvalue weighted by atomic mass is 35.5. The van der Waals surface area contributed by atoms with Crippen LogP contribution in [0.1, 0.15) is 25.0 Å². The van der Waals surface area contributed by atoms with Crippen LogP contribution >= 0.6 is 11.6 Å². The van der Waals surface area contributed by atoms with Crippen LogP contribution in [0.5, 0.6) is 0 Å². The van der Waals surface area contributed by atoms with E-state index in [0.717, 1.165) is 5.56 Å². The smallest absolute Gasteiger partial charge is 0.318 e. The van der Waals surface area contributed by atoms with Crippen molar-refractivity contribution in [2.75, 3.05) is 18.1 Å². The summed E-state index contributed by atoms with van der Waals surface area (Å²) in [6.45, 7) is 4.44.